The number of amides is 2. The molecule has 1 aromatic carbocycles. The molecule has 0 atom stereocenters. The molecule has 0 saturated carbocycles. The van der Waals surface area contributed by atoms with Crippen LogP contribution in [-0.2, 0) is 28.7 Å². The summed E-state index contributed by atoms with van der Waals surface area (Å²) in [5.41, 5.74) is 5.18. The number of piperidine rings is 1. The number of carbonyl (C=O) groups excluding carboxylic acids is 3. The fourth-order valence-electron chi connectivity index (χ4n) is 3.99. The van der Waals surface area contributed by atoms with Crippen LogP contribution in [0.4, 0.5) is 13.2 Å². The first-order valence-electron chi connectivity index (χ1n) is 10.7. The van der Waals surface area contributed by atoms with Crippen molar-refractivity contribution >= 4 is 28.5 Å². The van der Waals surface area contributed by atoms with Crippen LogP contribution in [-0.4, -0.2) is 50.4 Å². The Balaban J connectivity index is 1.42. The number of hydrogen-bond acceptors (Lipinski definition) is 5. The van der Waals surface area contributed by atoms with Crippen molar-refractivity contribution < 1.29 is 27.6 Å². The molecule has 2 amide bonds. The SMILES string of the molecule is NC(=O)C1CCN(C(=O)Cn2cc3cc(CC(=O)c4cccc(C(F)(F)F)n4)ccc3n2)CC1. The molecule has 11 heteroatoms. The van der Waals surface area contributed by atoms with Gasteiger partial charge in [-0.05, 0) is 42.7 Å². The number of alkyl halides is 3. The molecule has 0 aliphatic carbocycles. The molecule has 1 aliphatic rings. The summed E-state index contributed by atoms with van der Waals surface area (Å²) in [6.07, 6.45) is -1.98. The van der Waals surface area contributed by atoms with E-state index in [1.54, 1.807) is 29.3 Å². The van der Waals surface area contributed by atoms with E-state index < -0.39 is 17.7 Å². The molecule has 1 saturated heterocycles. The summed E-state index contributed by atoms with van der Waals surface area (Å²) in [6, 6.07) is 8.31. The lowest BCUT2D eigenvalue weighted by Gasteiger charge is -2.30. The van der Waals surface area contributed by atoms with Gasteiger partial charge in [0.2, 0.25) is 11.8 Å². The Hall–Kier alpha value is -3.76. The first-order valence-corrected chi connectivity index (χ1v) is 10.7. The number of carbonyl (C=O) groups is 3. The Labute approximate surface area is 192 Å². The summed E-state index contributed by atoms with van der Waals surface area (Å²) in [6.45, 7) is 0.949. The molecule has 2 aromatic heterocycles. The number of primary amides is 1. The molecule has 0 unspecified atom stereocenters. The molecular weight excluding hydrogens is 451 g/mol. The third kappa shape index (κ3) is 5.24. The van der Waals surface area contributed by atoms with Crippen LogP contribution >= 0.6 is 0 Å². The van der Waals surface area contributed by atoms with Gasteiger partial charge < -0.3 is 10.6 Å². The number of ketones is 1. The van der Waals surface area contributed by atoms with Crippen LogP contribution in [0.1, 0.15) is 34.6 Å². The average molecular weight is 473 g/mol. The Morgan fingerprint density at radius 2 is 1.82 bits per heavy atom. The Morgan fingerprint density at radius 3 is 2.50 bits per heavy atom. The van der Waals surface area contributed by atoms with Gasteiger partial charge in [-0.1, -0.05) is 12.1 Å². The molecule has 2 N–H and O–H groups in total. The van der Waals surface area contributed by atoms with Crippen molar-refractivity contribution in [3.8, 4) is 0 Å². The third-order valence-electron chi connectivity index (χ3n) is 5.85. The van der Waals surface area contributed by atoms with Crippen LogP contribution in [0.15, 0.2) is 42.6 Å². The number of nitrogens with zero attached hydrogens (tertiary/aromatic N) is 4. The summed E-state index contributed by atoms with van der Waals surface area (Å²) in [7, 11) is 0. The van der Waals surface area contributed by atoms with Gasteiger partial charge in [0.05, 0.1) is 5.52 Å². The molecule has 1 aliphatic heterocycles. The average Bonchev–Trinajstić information content (AvgIpc) is 3.20. The smallest absolute Gasteiger partial charge is 0.369 e. The minimum atomic E-state index is -4.63. The van der Waals surface area contributed by atoms with E-state index in [1.165, 1.54) is 10.7 Å². The predicted molar refractivity (Wildman–Crippen MR) is 116 cm³/mol. The monoisotopic (exact) mass is 473 g/mol. The van der Waals surface area contributed by atoms with E-state index in [4.69, 9.17) is 5.73 Å². The summed E-state index contributed by atoms with van der Waals surface area (Å²) in [4.78, 5) is 41.5. The van der Waals surface area contributed by atoms with Gasteiger partial charge in [-0.2, -0.15) is 18.3 Å². The molecule has 0 bridgehead atoms. The number of aromatic nitrogens is 3. The van der Waals surface area contributed by atoms with Crippen LogP contribution in [0, 0.1) is 5.92 Å². The summed E-state index contributed by atoms with van der Waals surface area (Å²) in [5, 5.41) is 5.08. The van der Waals surface area contributed by atoms with E-state index >= 15 is 0 Å². The predicted octanol–water partition coefficient (Wildman–Crippen LogP) is 2.60. The lowest BCUT2D eigenvalue weighted by molar-refractivity contribution is -0.141. The molecule has 178 valence electrons. The zero-order chi connectivity index (χ0) is 24.5. The largest absolute Gasteiger partial charge is 0.433 e. The van der Waals surface area contributed by atoms with E-state index in [0.29, 0.717) is 42.4 Å². The molecule has 0 radical (unpaired) electrons. The van der Waals surface area contributed by atoms with Crippen molar-refractivity contribution in [1.82, 2.24) is 19.7 Å². The number of rotatable bonds is 6. The van der Waals surface area contributed by atoms with Gasteiger partial charge >= 0.3 is 6.18 Å². The number of pyridine rings is 1. The molecule has 1 fully saturated rings. The highest BCUT2D eigenvalue weighted by atomic mass is 19.4. The van der Waals surface area contributed by atoms with Gasteiger partial charge in [0.15, 0.2) is 5.78 Å². The second kappa shape index (κ2) is 9.24. The van der Waals surface area contributed by atoms with E-state index in [1.807, 2.05) is 0 Å². The number of Topliss-reactive ketones (excluding diaryl/α,β-unsaturated/α-hetero) is 1. The molecule has 8 nitrogen and oxygen atoms in total. The van der Waals surface area contributed by atoms with Crippen LogP contribution in [0.3, 0.4) is 0 Å². The maximum Gasteiger partial charge on any atom is 0.433 e. The summed E-state index contributed by atoms with van der Waals surface area (Å²) in [5.74, 6) is -1.21. The minimum Gasteiger partial charge on any atom is -0.369 e. The minimum absolute atomic E-state index is 0.0261. The first-order chi connectivity index (χ1) is 16.1. The molecular formula is C23H22F3N5O3. The van der Waals surface area contributed by atoms with Gasteiger partial charge in [0, 0.05) is 37.0 Å². The second-order valence-corrected chi connectivity index (χ2v) is 8.28. The summed E-state index contributed by atoms with van der Waals surface area (Å²) >= 11 is 0. The Kier molecular flexibility index (Phi) is 6.36. The number of fused-ring (bicyclic) bond motifs is 1. The van der Waals surface area contributed by atoms with Crippen molar-refractivity contribution in [2.24, 2.45) is 11.7 Å². The second-order valence-electron chi connectivity index (χ2n) is 8.28. The fraction of sp³-hybridized carbons (Fsp3) is 0.348. The quantitative estimate of drug-likeness (QED) is 0.554. The fourth-order valence-corrected chi connectivity index (χ4v) is 3.99. The highest BCUT2D eigenvalue weighted by Gasteiger charge is 2.33. The van der Waals surface area contributed by atoms with E-state index in [9.17, 15) is 27.6 Å². The Bertz CT molecular complexity index is 1250. The van der Waals surface area contributed by atoms with Gasteiger partial charge in [-0.3, -0.25) is 19.1 Å². The van der Waals surface area contributed by atoms with E-state index in [2.05, 4.69) is 10.1 Å². The van der Waals surface area contributed by atoms with Gasteiger partial charge in [-0.15, -0.1) is 0 Å². The van der Waals surface area contributed by atoms with Gasteiger partial charge in [0.1, 0.15) is 17.9 Å². The molecule has 4 rings (SSSR count). The van der Waals surface area contributed by atoms with Crippen molar-refractivity contribution in [3.05, 3.63) is 59.5 Å². The van der Waals surface area contributed by atoms with Crippen molar-refractivity contribution in [2.75, 3.05) is 13.1 Å². The zero-order valence-corrected chi connectivity index (χ0v) is 18.1. The normalized spacial score (nSPS) is 15.0. The number of benzene rings is 1. The number of nitrogens with two attached hydrogens (primary N) is 1. The van der Waals surface area contributed by atoms with Crippen LogP contribution in [0.5, 0.6) is 0 Å². The Morgan fingerprint density at radius 1 is 1.09 bits per heavy atom. The maximum atomic E-state index is 12.9. The number of halogens is 3. The standard InChI is InChI=1S/C23H22F3N5O3/c24-23(25,26)20-3-1-2-18(28-20)19(32)11-14-4-5-17-16(10-14)12-31(29-17)13-21(33)30-8-6-15(7-9-30)22(27)34/h1-5,10,12,15H,6-9,11,13H2,(H2,27,34). The van der Waals surface area contributed by atoms with E-state index in [-0.39, 0.29) is 36.4 Å². The molecule has 3 heterocycles. The van der Waals surface area contributed by atoms with Crippen LogP contribution in [0.25, 0.3) is 10.9 Å². The highest BCUT2D eigenvalue weighted by Crippen LogP contribution is 2.27. The molecule has 3 aromatic rings. The van der Waals surface area contributed by atoms with Crippen LogP contribution in [0.2, 0.25) is 0 Å². The first kappa shape index (κ1) is 23.4. The van der Waals surface area contributed by atoms with Gasteiger partial charge in [-0.25, -0.2) is 4.98 Å². The molecule has 34 heavy (non-hydrogen) atoms. The molecule has 0 spiro atoms. The maximum absolute atomic E-state index is 12.9. The number of hydrogen-bond donors (Lipinski definition) is 1. The lowest BCUT2D eigenvalue weighted by Crippen LogP contribution is -2.43. The van der Waals surface area contributed by atoms with E-state index in [0.717, 1.165) is 12.1 Å². The van der Waals surface area contributed by atoms with Crippen molar-refractivity contribution in [2.45, 2.75) is 32.0 Å². The lowest BCUT2D eigenvalue weighted by atomic mass is 9.96. The zero-order valence-electron chi connectivity index (χ0n) is 18.1. The third-order valence-corrected chi connectivity index (χ3v) is 5.85. The summed E-state index contributed by atoms with van der Waals surface area (Å²) < 4.78 is 40.1. The topological polar surface area (TPSA) is 111 Å². The highest BCUT2D eigenvalue weighted by molar-refractivity contribution is 5.96. The number of likely N-dealkylation sites (tertiary alicyclic amines) is 1. The van der Waals surface area contributed by atoms with Crippen LogP contribution < -0.4 is 5.73 Å². The van der Waals surface area contributed by atoms with Crippen molar-refractivity contribution in [1.29, 1.82) is 0 Å². The van der Waals surface area contributed by atoms with Gasteiger partial charge in [0.25, 0.3) is 0 Å². The van der Waals surface area contributed by atoms with Crippen molar-refractivity contribution in [3.63, 3.8) is 0 Å².